The van der Waals surface area contributed by atoms with Crippen LogP contribution in [0.25, 0.3) is 22.3 Å². The Morgan fingerprint density at radius 3 is 2.80 bits per heavy atom. The second-order valence-electron chi connectivity index (χ2n) is 8.80. The number of fused-ring (bicyclic) bond motifs is 1. The van der Waals surface area contributed by atoms with Crippen molar-refractivity contribution in [2.75, 3.05) is 51.4 Å². The largest absolute Gasteiger partial charge is 0.497 e. The maximum atomic E-state index is 14.5. The molecule has 8 heteroatoms. The fourth-order valence-electron chi connectivity index (χ4n) is 4.45. The molecular formula is C27H30FN5O2. The van der Waals surface area contributed by atoms with E-state index >= 15 is 0 Å². The summed E-state index contributed by atoms with van der Waals surface area (Å²) in [7, 11) is 3.54. The minimum Gasteiger partial charge on any atom is -0.497 e. The molecule has 182 valence electrons. The lowest BCUT2D eigenvalue weighted by molar-refractivity contribution is 0.142. The summed E-state index contributed by atoms with van der Waals surface area (Å²) < 4.78 is 27.4. The van der Waals surface area contributed by atoms with Crippen LogP contribution in [0.15, 0.2) is 61.1 Å². The zero-order valence-corrected chi connectivity index (χ0v) is 20.2. The van der Waals surface area contributed by atoms with Gasteiger partial charge in [-0.05, 0) is 36.8 Å². The molecule has 1 saturated heterocycles. The lowest BCUT2D eigenvalue weighted by Crippen LogP contribution is -2.34. The van der Waals surface area contributed by atoms with E-state index in [-0.39, 0.29) is 5.82 Å². The molecule has 1 fully saturated rings. The number of halogens is 1. The first-order valence-electron chi connectivity index (χ1n) is 11.9. The van der Waals surface area contributed by atoms with Crippen LogP contribution in [-0.2, 0) is 11.8 Å². The standard InChI is InChI=1S/C27H30FN5O2/c1-31-8-6-20(19-31)27-18-29-25-5-4-22(17-26(25)30-27)33(10-9-32-7-3-12-35-13-11-32)23-14-21(28)15-24(16-23)34-2/h4-6,8,14-19H,3,7,9-13H2,1-2H3. The zero-order chi connectivity index (χ0) is 24.2. The molecule has 0 bridgehead atoms. The molecule has 3 heterocycles. The van der Waals surface area contributed by atoms with E-state index in [2.05, 4.69) is 14.8 Å². The van der Waals surface area contributed by atoms with Gasteiger partial charge >= 0.3 is 0 Å². The third-order valence-electron chi connectivity index (χ3n) is 6.32. The molecule has 5 rings (SSSR count). The van der Waals surface area contributed by atoms with Crippen LogP contribution >= 0.6 is 0 Å². The maximum absolute atomic E-state index is 14.5. The SMILES string of the molecule is COc1cc(F)cc(N(CCN2CCCOCC2)c2ccc3ncc(-c4ccn(C)c4)nc3c2)c1. The van der Waals surface area contributed by atoms with Gasteiger partial charge in [0.05, 0.1) is 36.6 Å². The predicted octanol–water partition coefficient (Wildman–Crippen LogP) is 4.64. The number of rotatable bonds is 7. The maximum Gasteiger partial charge on any atom is 0.128 e. The number of benzene rings is 2. The average molecular weight is 476 g/mol. The van der Waals surface area contributed by atoms with Crippen LogP contribution in [0.4, 0.5) is 15.8 Å². The summed E-state index contributed by atoms with van der Waals surface area (Å²) in [5, 5.41) is 0. The summed E-state index contributed by atoms with van der Waals surface area (Å²) in [5.41, 5.74) is 5.10. The summed E-state index contributed by atoms with van der Waals surface area (Å²) in [6, 6.07) is 12.8. The fourth-order valence-corrected chi connectivity index (χ4v) is 4.45. The van der Waals surface area contributed by atoms with E-state index in [0.29, 0.717) is 12.3 Å². The lowest BCUT2D eigenvalue weighted by atomic mass is 10.2. The Morgan fingerprint density at radius 2 is 1.97 bits per heavy atom. The molecule has 0 radical (unpaired) electrons. The molecule has 35 heavy (non-hydrogen) atoms. The van der Waals surface area contributed by atoms with Gasteiger partial charge in [0.1, 0.15) is 11.6 Å². The van der Waals surface area contributed by atoms with Crippen molar-refractivity contribution in [2.24, 2.45) is 7.05 Å². The van der Waals surface area contributed by atoms with Gasteiger partial charge in [-0.2, -0.15) is 0 Å². The first-order valence-corrected chi connectivity index (χ1v) is 11.9. The molecule has 7 nitrogen and oxygen atoms in total. The number of aromatic nitrogens is 3. The highest BCUT2D eigenvalue weighted by Crippen LogP contribution is 2.31. The minimum atomic E-state index is -0.334. The molecule has 0 amide bonds. The van der Waals surface area contributed by atoms with Crippen LogP contribution in [0.2, 0.25) is 0 Å². The van der Waals surface area contributed by atoms with E-state index in [1.165, 1.54) is 6.07 Å². The van der Waals surface area contributed by atoms with Gasteiger partial charge in [-0.3, -0.25) is 9.88 Å². The summed E-state index contributed by atoms with van der Waals surface area (Å²) in [6.07, 6.45) is 6.83. The van der Waals surface area contributed by atoms with Gasteiger partial charge in [-0.25, -0.2) is 9.37 Å². The number of methoxy groups -OCH3 is 1. The third-order valence-corrected chi connectivity index (χ3v) is 6.32. The monoisotopic (exact) mass is 475 g/mol. The smallest absolute Gasteiger partial charge is 0.128 e. The molecule has 2 aromatic heterocycles. The van der Waals surface area contributed by atoms with Crippen LogP contribution in [0, 0.1) is 5.82 Å². The Kier molecular flexibility index (Phi) is 6.92. The average Bonchev–Trinajstić information content (AvgIpc) is 3.14. The van der Waals surface area contributed by atoms with Crippen LogP contribution in [0.5, 0.6) is 5.75 Å². The van der Waals surface area contributed by atoms with E-state index in [9.17, 15) is 4.39 Å². The fraction of sp³-hybridized carbons (Fsp3) is 0.333. The van der Waals surface area contributed by atoms with Crippen molar-refractivity contribution < 1.29 is 13.9 Å². The Balaban J connectivity index is 1.51. The third kappa shape index (κ3) is 5.44. The molecule has 0 spiro atoms. The number of anilines is 2. The first-order chi connectivity index (χ1) is 17.1. The molecule has 1 aliphatic rings. The highest BCUT2D eigenvalue weighted by Gasteiger charge is 2.17. The number of ether oxygens (including phenoxy) is 2. The Bertz CT molecular complexity index is 1300. The Labute approximate surface area is 204 Å². The van der Waals surface area contributed by atoms with Gasteiger partial charge in [0.15, 0.2) is 0 Å². The second kappa shape index (κ2) is 10.4. The molecule has 0 saturated carbocycles. The number of nitrogens with zero attached hydrogens (tertiary/aromatic N) is 5. The van der Waals surface area contributed by atoms with E-state index in [4.69, 9.17) is 14.5 Å². The van der Waals surface area contributed by atoms with Crippen molar-refractivity contribution in [1.82, 2.24) is 19.4 Å². The minimum absolute atomic E-state index is 0.334. The van der Waals surface area contributed by atoms with Crippen LogP contribution < -0.4 is 9.64 Å². The molecule has 0 aliphatic carbocycles. The first kappa shape index (κ1) is 23.3. The van der Waals surface area contributed by atoms with Crippen molar-refractivity contribution in [2.45, 2.75) is 6.42 Å². The van der Waals surface area contributed by atoms with E-state index in [1.807, 2.05) is 54.3 Å². The van der Waals surface area contributed by atoms with Gasteiger partial charge < -0.3 is 18.9 Å². The Morgan fingerprint density at radius 1 is 1.06 bits per heavy atom. The zero-order valence-electron chi connectivity index (χ0n) is 20.2. The summed E-state index contributed by atoms with van der Waals surface area (Å²) in [4.78, 5) is 14.0. The molecular weight excluding hydrogens is 445 g/mol. The molecule has 4 aromatic rings. The molecule has 0 N–H and O–H groups in total. The normalized spacial score (nSPS) is 14.7. The highest BCUT2D eigenvalue weighted by atomic mass is 19.1. The number of hydrogen-bond acceptors (Lipinski definition) is 6. The topological polar surface area (TPSA) is 55.6 Å². The van der Waals surface area contributed by atoms with Crippen molar-refractivity contribution in [3.8, 4) is 17.0 Å². The van der Waals surface area contributed by atoms with Crippen molar-refractivity contribution >= 4 is 22.4 Å². The van der Waals surface area contributed by atoms with Gasteiger partial charge in [0.2, 0.25) is 0 Å². The van der Waals surface area contributed by atoms with Gasteiger partial charge in [0, 0.05) is 81.3 Å². The van der Waals surface area contributed by atoms with Crippen molar-refractivity contribution in [1.29, 1.82) is 0 Å². The quantitative estimate of drug-likeness (QED) is 0.388. The van der Waals surface area contributed by atoms with E-state index < -0.39 is 0 Å². The predicted molar refractivity (Wildman–Crippen MR) is 136 cm³/mol. The highest BCUT2D eigenvalue weighted by molar-refractivity contribution is 5.82. The van der Waals surface area contributed by atoms with Gasteiger partial charge in [0.25, 0.3) is 0 Å². The second-order valence-corrected chi connectivity index (χ2v) is 8.80. The van der Waals surface area contributed by atoms with Gasteiger partial charge in [-0.1, -0.05) is 0 Å². The summed E-state index contributed by atoms with van der Waals surface area (Å²) in [5.74, 6) is 0.152. The summed E-state index contributed by atoms with van der Waals surface area (Å²) >= 11 is 0. The molecule has 2 aromatic carbocycles. The lowest BCUT2D eigenvalue weighted by Gasteiger charge is -2.29. The van der Waals surface area contributed by atoms with Crippen LogP contribution in [0.1, 0.15) is 6.42 Å². The summed E-state index contributed by atoms with van der Waals surface area (Å²) in [6.45, 7) is 4.93. The number of aryl methyl sites for hydroxylation is 1. The van der Waals surface area contributed by atoms with Crippen LogP contribution in [0.3, 0.4) is 0 Å². The molecule has 0 unspecified atom stereocenters. The van der Waals surface area contributed by atoms with Crippen molar-refractivity contribution in [3.05, 3.63) is 66.9 Å². The van der Waals surface area contributed by atoms with E-state index in [1.54, 1.807) is 19.4 Å². The molecule has 1 aliphatic heterocycles. The molecule has 0 atom stereocenters. The number of hydrogen-bond donors (Lipinski definition) is 0. The van der Waals surface area contributed by atoms with Crippen molar-refractivity contribution in [3.63, 3.8) is 0 Å². The van der Waals surface area contributed by atoms with Crippen LogP contribution in [-0.4, -0.2) is 65.9 Å². The van der Waals surface area contributed by atoms with E-state index in [0.717, 1.165) is 72.9 Å². The van der Waals surface area contributed by atoms with Gasteiger partial charge in [-0.15, -0.1) is 0 Å². The Hall–Kier alpha value is -3.49.